The molecular formula is C23H23NO. The van der Waals surface area contributed by atoms with E-state index in [0.29, 0.717) is 0 Å². The lowest BCUT2D eigenvalue weighted by atomic mass is 9.91. The molecule has 0 aliphatic rings. The molecule has 2 nitrogen and oxygen atoms in total. The Balaban J connectivity index is 2.11. The number of nitrogens with zero attached hydrogens (tertiary/aromatic N) is 1. The van der Waals surface area contributed by atoms with Crippen molar-refractivity contribution in [3.63, 3.8) is 0 Å². The van der Waals surface area contributed by atoms with Crippen molar-refractivity contribution in [3.8, 4) is 0 Å². The zero-order valence-corrected chi connectivity index (χ0v) is 14.7. The number of hydrogen-bond donors (Lipinski definition) is 0. The molecule has 0 fully saturated rings. The van der Waals surface area contributed by atoms with Gasteiger partial charge in [-0.25, -0.2) is 4.99 Å². The summed E-state index contributed by atoms with van der Waals surface area (Å²) < 4.78 is 6.18. The summed E-state index contributed by atoms with van der Waals surface area (Å²) in [6, 6.07) is 30.8. The van der Waals surface area contributed by atoms with Gasteiger partial charge in [0, 0.05) is 0 Å². The van der Waals surface area contributed by atoms with Gasteiger partial charge in [0.05, 0.1) is 17.7 Å². The van der Waals surface area contributed by atoms with Crippen molar-refractivity contribution < 1.29 is 4.74 Å². The van der Waals surface area contributed by atoms with E-state index in [1.54, 1.807) is 0 Å². The van der Waals surface area contributed by atoms with E-state index in [1.807, 2.05) is 56.3 Å². The Bertz CT molecular complexity index is 756. The highest BCUT2D eigenvalue weighted by atomic mass is 16.5. The molecule has 3 rings (SSSR count). The Hall–Kier alpha value is -2.87. The van der Waals surface area contributed by atoms with Crippen LogP contribution in [0.15, 0.2) is 96.0 Å². The Labute approximate surface area is 149 Å². The third-order valence-electron chi connectivity index (χ3n) is 3.86. The highest BCUT2D eigenvalue weighted by molar-refractivity contribution is 5.89. The maximum Gasteiger partial charge on any atom is 0.201 e. The van der Waals surface area contributed by atoms with Gasteiger partial charge in [0.25, 0.3) is 0 Å². The molecule has 0 amide bonds. The van der Waals surface area contributed by atoms with Gasteiger partial charge in [-0.2, -0.15) is 0 Å². The molecule has 25 heavy (non-hydrogen) atoms. The van der Waals surface area contributed by atoms with Crippen molar-refractivity contribution in [2.24, 2.45) is 4.99 Å². The van der Waals surface area contributed by atoms with Crippen LogP contribution >= 0.6 is 0 Å². The summed E-state index contributed by atoms with van der Waals surface area (Å²) in [5, 5.41) is 0. The van der Waals surface area contributed by atoms with Crippen LogP contribution in [0.5, 0.6) is 0 Å². The molecule has 0 atom stereocenters. The van der Waals surface area contributed by atoms with Gasteiger partial charge in [0.2, 0.25) is 5.90 Å². The average Bonchev–Trinajstić information content (AvgIpc) is 2.64. The molecular weight excluding hydrogens is 306 g/mol. The van der Waals surface area contributed by atoms with Crippen LogP contribution in [0, 0.1) is 0 Å². The Morgan fingerprint density at radius 2 is 1.12 bits per heavy atom. The second-order valence-corrected chi connectivity index (χ2v) is 6.21. The van der Waals surface area contributed by atoms with Crippen LogP contribution in [0.2, 0.25) is 0 Å². The molecule has 0 aliphatic carbocycles. The smallest absolute Gasteiger partial charge is 0.201 e. The zero-order valence-electron chi connectivity index (χ0n) is 14.7. The summed E-state index contributed by atoms with van der Waals surface area (Å²) in [4.78, 5) is 4.85. The van der Waals surface area contributed by atoms with Crippen LogP contribution in [0.4, 0.5) is 5.69 Å². The summed E-state index contributed by atoms with van der Waals surface area (Å²) in [6.45, 7) is 4.07. The molecule has 0 saturated heterocycles. The first-order valence-corrected chi connectivity index (χ1v) is 8.64. The summed E-state index contributed by atoms with van der Waals surface area (Å²) in [6.07, 6.45) is 0.0531. The van der Waals surface area contributed by atoms with Gasteiger partial charge >= 0.3 is 0 Å². The third kappa shape index (κ3) is 4.57. The van der Waals surface area contributed by atoms with Crippen LogP contribution < -0.4 is 0 Å². The minimum absolute atomic E-state index is 0.0370. The van der Waals surface area contributed by atoms with Crippen molar-refractivity contribution in [1.82, 2.24) is 0 Å². The van der Waals surface area contributed by atoms with Gasteiger partial charge in [0.15, 0.2) is 0 Å². The molecule has 126 valence electrons. The van der Waals surface area contributed by atoms with Crippen molar-refractivity contribution >= 4 is 11.6 Å². The molecule has 0 heterocycles. The van der Waals surface area contributed by atoms with Gasteiger partial charge in [-0.05, 0) is 37.1 Å². The molecule has 0 N–H and O–H groups in total. The van der Waals surface area contributed by atoms with Gasteiger partial charge < -0.3 is 4.74 Å². The molecule has 0 aromatic heterocycles. The largest absolute Gasteiger partial charge is 0.477 e. The Morgan fingerprint density at radius 3 is 1.56 bits per heavy atom. The van der Waals surface area contributed by atoms with Crippen molar-refractivity contribution in [2.75, 3.05) is 0 Å². The molecule has 0 saturated carbocycles. The summed E-state index contributed by atoms with van der Waals surface area (Å²) in [5.74, 6) is 0.684. The minimum atomic E-state index is -0.0370. The van der Waals surface area contributed by atoms with Crippen LogP contribution in [-0.4, -0.2) is 12.0 Å². The number of para-hydroxylation sites is 1. The number of ether oxygens (including phenoxy) is 1. The number of benzene rings is 3. The minimum Gasteiger partial charge on any atom is -0.477 e. The van der Waals surface area contributed by atoms with Crippen LogP contribution in [0.3, 0.4) is 0 Å². The number of hydrogen-bond acceptors (Lipinski definition) is 2. The molecule has 0 aliphatic heterocycles. The van der Waals surface area contributed by atoms with Crippen LogP contribution in [0.25, 0.3) is 0 Å². The van der Waals surface area contributed by atoms with Crippen molar-refractivity contribution in [1.29, 1.82) is 0 Å². The highest BCUT2D eigenvalue weighted by Gasteiger charge is 2.23. The Kier molecular flexibility index (Phi) is 5.63. The molecule has 3 aromatic rings. The van der Waals surface area contributed by atoms with E-state index < -0.39 is 0 Å². The van der Waals surface area contributed by atoms with E-state index in [-0.39, 0.29) is 12.0 Å². The fourth-order valence-corrected chi connectivity index (χ4v) is 2.80. The maximum absolute atomic E-state index is 6.18. The topological polar surface area (TPSA) is 21.6 Å². The first-order valence-electron chi connectivity index (χ1n) is 8.64. The van der Waals surface area contributed by atoms with Gasteiger partial charge in [0.1, 0.15) is 0 Å². The standard InChI is InChI=1S/C23H23NO/c1-18(2)25-23(24-21-16-10-5-11-17-21)22(19-12-6-3-7-13-19)20-14-8-4-9-15-20/h3-18,22H,1-2H3/b24-23-. The predicted octanol–water partition coefficient (Wildman–Crippen LogP) is 5.97. The van der Waals surface area contributed by atoms with Gasteiger partial charge in [-0.15, -0.1) is 0 Å². The lowest BCUT2D eigenvalue weighted by Gasteiger charge is -2.22. The normalized spacial score (nSPS) is 11.8. The van der Waals surface area contributed by atoms with Gasteiger partial charge in [-0.1, -0.05) is 78.9 Å². The predicted molar refractivity (Wildman–Crippen MR) is 104 cm³/mol. The Morgan fingerprint density at radius 1 is 0.680 bits per heavy atom. The summed E-state index contributed by atoms with van der Waals surface area (Å²) in [7, 11) is 0. The number of aliphatic imine (C=N–C) groups is 1. The first kappa shape index (κ1) is 17.0. The summed E-state index contributed by atoms with van der Waals surface area (Å²) in [5.41, 5.74) is 3.24. The monoisotopic (exact) mass is 329 g/mol. The lowest BCUT2D eigenvalue weighted by molar-refractivity contribution is 0.220. The first-order chi connectivity index (χ1) is 12.2. The van der Waals surface area contributed by atoms with Crippen LogP contribution in [0.1, 0.15) is 30.9 Å². The second kappa shape index (κ2) is 8.29. The summed E-state index contributed by atoms with van der Waals surface area (Å²) >= 11 is 0. The molecule has 3 aromatic carbocycles. The molecule has 2 heteroatoms. The lowest BCUT2D eigenvalue weighted by Crippen LogP contribution is -2.21. The van der Waals surface area contributed by atoms with Crippen molar-refractivity contribution in [3.05, 3.63) is 102 Å². The highest BCUT2D eigenvalue weighted by Crippen LogP contribution is 2.29. The van der Waals surface area contributed by atoms with E-state index in [1.165, 1.54) is 11.1 Å². The maximum atomic E-state index is 6.18. The average molecular weight is 329 g/mol. The van der Waals surface area contributed by atoms with E-state index in [4.69, 9.17) is 9.73 Å². The SMILES string of the molecule is CC(C)O/C(=N\c1ccccc1)C(c1ccccc1)c1ccccc1. The number of rotatable bonds is 5. The fourth-order valence-electron chi connectivity index (χ4n) is 2.80. The molecule has 0 unspecified atom stereocenters. The fraction of sp³-hybridized carbons (Fsp3) is 0.174. The van der Waals surface area contributed by atoms with Crippen molar-refractivity contribution in [2.45, 2.75) is 25.9 Å². The van der Waals surface area contributed by atoms with E-state index >= 15 is 0 Å². The van der Waals surface area contributed by atoms with Gasteiger partial charge in [-0.3, -0.25) is 0 Å². The molecule has 0 spiro atoms. The quantitative estimate of drug-likeness (QED) is 0.417. The van der Waals surface area contributed by atoms with E-state index in [2.05, 4.69) is 48.5 Å². The van der Waals surface area contributed by atoms with E-state index in [9.17, 15) is 0 Å². The van der Waals surface area contributed by atoms with Crippen LogP contribution in [-0.2, 0) is 4.74 Å². The molecule has 0 bridgehead atoms. The van der Waals surface area contributed by atoms with E-state index in [0.717, 1.165) is 11.6 Å². The molecule has 0 radical (unpaired) electrons. The zero-order chi connectivity index (χ0) is 17.5. The second-order valence-electron chi connectivity index (χ2n) is 6.21. The third-order valence-corrected chi connectivity index (χ3v) is 3.86.